The van der Waals surface area contributed by atoms with Crippen LogP contribution in [0, 0.1) is 0 Å². The van der Waals surface area contributed by atoms with Crippen molar-refractivity contribution in [2.24, 2.45) is 0 Å². The summed E-state index contributed by atoms with van der Waals surface area (Å²) in [5.74, 6) is 0. The summed E-state index contributed by atoms with van der Waals surface area (Å²) in [4.78, 5) is 0. The molecule has 0 N–H and O–H groups in total. The van der Waals surface area contributed by atoms with Crippen molar-refractivity contribution < 1.29 is 0 Å². The maximum Gasteiger partial charge on any atom is 0.0664 e. The zero-order chi connectivity index (χ0) is 19.7. The summed E-state index contributed by atoms with van der Waals surface area (Å²) in [5, 5.41) is 0. The van der Waals surface area contributed by atoms with Gasteiger partial charge in [0.05, 0.1) is 5.41 Å². The van der Waals surface area contributed by atoms with Gasteiger partial charge in [0.2, 0.25) is 0 Å². The van der Waals surface area contributed by atoms with Gasteiger partial charge in [-0.15, -0.1) is 0 Å². The van der Waals surface area contributed by atoms with Crippen LogP contribution in [0.4, 0.5) is 0 Å². The first-order chi connectivity index (χ1) is 12.6. The molecule has 3 rings (SSSR count). The third-order valence-electron chi connectivity index (χ3n) is 4.70. The fraction of sp³-hybridized carbons (Fsp3) is 0.308. The first-order valence-corrected chi connectivity index (χ1v) is 9.74. The molecule has 0 fully saturated rings. The van der Waals surface area contributed by atoms with E-state index >= 15 is 0 Å². The molecule has 2 aromatic carbocycles. The molecule has 0 heterocycles. The van der Waals surface area contributed by atoms with Gasteiger partial charge in [0.1, 0.15) is 0 Å². The molecular weight excluding hydrogens is 312 g/mol. The molecule has 2 aromatic rings. The van der Waals surface area contributed by atoms with Gasteiger partial charge in [0.15, 0.2) is 0 Å². The van der Waals surface area contributed by atoms with Crippen LogP contribution in [-0.2, 0) is 5.41 Å². The van der Waals surface area contributed by atoms with E-state index in [2.05, 4.69) is 95.5 Å². The van der Waals surface area contributed by atoms with Gasteiger partial charge in [-0.1, -0.05) is 114 Å². The summed E-state index contributed by atoms with van der Waals surface area (Å²) >= 11 is 0. The predicted molar refractivity (Wildman–Crippen MR) is 119 cm³/mol. The molecular formula is C26H34. The van der Waals surface area contributed by atoms with Crippen molar-refractivity contribution in [2.75, 3.05) is 0 Å². The van der Waals surface area contributed by atoms with Gasteiger partial charge in [0.25, 0.3) is 0 Å². The molecule has 0 aliphatic heterocycles. The minimum Gasteiger partial charge on any atom is -0.0988 e. The zero-order valence-corrected chi connectivity index (χ0v) is 17.4. The van der Waals surface area contributed by atoms with Gasteiger partial charge >= 0.3 is 0 Å². The number of fused-ring (bicyclic) bond motifs is 3. The van der Waals surface area contributed by atoms with Gasteiger partial charge in [-0.05, 0) is 41.7 Å². The number of hydrogen-bond acceptors (Lipinski definition) is 0. The van der Waals surface area contributed by atoms with Crippen molar-refractivity contribution in [3.63, 3.8) is 0 Å². The highest BCUT2D eigenvalue weighted by Gasteiger charge is 2.45. The highest BCUT2D eigenvalue weighted by molar-refractivity contribution is 5.86. The highest BCUT2D eigenvalue weighted by Crippen LogP contribution is 2.55. The second kappa shape index (κ2) is 9.97. The van der Waals surface area contributed by atoms with Crippen LogP contribution < -0.4 is 0 Å². The van der Waals surface area contributed by atoms with E-state index in [1.807, 2.05) is 19.9 Å². The maximum atomic E-state index is 4.34. The lowest BCUT2D eigenvalue weighted by atomic mass is 9.67. The van der Waals surface area contributed by atoms with Crippen molar-refractivity contribution in [1.82, 2.24) is 0 Å². The Kier molecular flexibility index (Phi) is 8.32. The summed E-state index contributed by atoms with van der Waals surface area (Å²) in [7, 11) is 0. The molecule has 0 nitrogen and oxygen atoms in total. The van der Waals surface area contributed by atoms with Crippen molar-refractivity contribution in [1.29, 1.82) is 0 Å². The Bertz CT molecular complexity index is 725. The van der Waals surface area contributed by atoms with E-state index < -0.39 is 0 Å². The molecule has 1 aliphatic rings. The van der Waals surface area contributed by atoms with Crippen LogP contribution in [0.5, 0.6) is 0 Å². The normalized spacial score (nSPS) is 13.2. The molecule has 0 bridgehead atoms. The second-order valence-corrected chi connectivity index (χ2v) is 6.25. The van der Waals surface area contributed by atoms with E-state index in [0.717, 1.165) is 5.57 Å². The van der Waals surface area contributed by atoms with Crippen LogP contribution in [-0.4, -0.2) is 0 Å². The topological polar surface area (TPSA) is 0 Å². The third-order valence-corrected chi connectivity index (χ3v) is 4.70. The van der Waals surface area contributed by atoms with Gasteiger partial charge in [-0.3, -0.25) is 0 Å². The minimum absolute atomic E-state index is 0.274. The molecule has 0 saturated heterocycles. The van der Waals surface area contributed by atoms with Gasteiger partial charge in [-0.2, -0.15) is 0 Å². The largest absolute Gasteiger partial charge is 0.0988 e. The van der Waals surface area contributed by atoms with Gasteiger partial charge in [0, 0.05) is 0 Å². The summed E-state index contributed by atoms with van der Waals surface area (Å²) in [5.41, 5.74) is 7.29. The van der Waals surface area contributed by atoms with E-state index in [0.29, 0.717) is 0 Å². The predicted octanol–water partition coefficient (Wildman–Crippen LogP) is 8.10. The molecule has 0 unspecified atom stereocenters. The standard InChI is InChI=1S/C21H20.C3H8.C2H6/c1-5-15(3)21(16(4)6-2)19-13-9-7-11-17(19)18-12-8-10-14-20(18)21;1-3-2;1-2/h5-14H,1,3H2,2,4H3;3H2,1-2H3;1-2H3/b16-6+;;. The summed E-state index contributed by atoms with van der Waals surface area (Å²) in [6, 6.07) is 17.3. The zero-order valence-electron chi connectivity index (χ0n) is 17.4. The molecule has 0 radical (unpaired) electrons. The fourth-order valence-corrected chi connectivity index (χ4v) is 3.63. The Morgan fingerprint density at radius 1 is 0.923 bits per heavy atom. The molecule has 0 amide bonds. The fourth-order valence-electron chi connectivity index (χ4n) is 3.63. The van der Waals surface area contributed by atoms with E-state index in [1.165, 1.54) is 34.2 Å². The van der Waals surface area contributed by atoms with Gasteiger partial charge < -0.3 is 0 Å². The number of benzene rings is 2. The Labute approximate surface area is 161 Å². The van der Waals surface area contributed by atoms with Crippen molar-refractivity contribution in [3.8, 4) is 11.1 Å². The second-order valence-electron chi connectivity index (χ2n) is 6.25. The Morgan fingerprint density at radius 3 is 1.65 bits per heavy atom. The monoisotopic (exact) mass is 346 g/mol. The minimum atomic E-state index is -0.274. The van der Waals surface area contributed by atoms with Crippen LogP contribution in [0.3, 0.4) is 0 Å². The Morgan fingerprint density at radius 2 is 1.31 bits per heavy atom. The first-order valence-electron chi connectivity index (χ1n) is 9.74. The van der Waals surface area contributed by atoms with Crippen LogP contribution in [0.2, 0.25) is 0 Å². The van der Waals surface area contributed by atoms with E-state index in [9.17, 15) is 0 Å². The number of hydrogen-bond donors (Lipinski definition) is 0. The molecule has 1 aliphatic carbocycles. The van der Waals surface area contributed by atoms with Crippen molar-refractivity contribution in [2.45, 2.75) is 53.4 Å². The number of rotatable bonds is 3. The summed E-state index contributed by atoms with van der Waals surface area (Å²) in [6.07, 6.45) is 5.33. The van der Waals surface area contributed by atoms with Gasteiger partial charge in [-0.25, -0.2) is 0 Å². The highest BCUT2D eigenvalue weighted by atomic mass is 14.5. The molecule has 138 valence electrons. The lowest BCUT2D eigenvalue weighted by molar-refractivity contribution is 0.746. The van der Waals surface area contributed by atoms with Crippen LogP contribution in [0.15, 0.2) is 85.0 Å². The SMILES string of the molecule is C=CC(=C)C1(/C(C)=C/C)c2ccccc2-c2ccccc21.CC.CCC. The van der Waals surface area contributed by atoms with E-state index in [1.54, 1.807) is 0 Å². The average Bonchev–Trinajstić information content (AvgIpc) is 3.00. The van der Waals surface area contributed by atoms with E-state index in [4.69, 9.17) is 0 Å². The summed E-state index contributed by atoms with van der Waals surface area (Å²) in [6.45, 7) is 20.9. The third kappa shape index (κ3) is 3.46. The smallest absolute Gasteiger partial charge is 0.0664 e. The Hall–Kier alpha value is -2.34. The van der Waals surface area contributed by atoms with Crippen LogP contribution in [0.25, 0.3) is 11.1 Å². The van der Waals surface area contributed by atoms with Crippen molar-refractivity contribution in [3.05, 3.63) is 96.1 Å². The average molecular weight is 347 g/mol. The van der Waals surface area contributed by atoms with Crippen LogP contribution >= 0.6 is 0 Å². The molecule has 0 heteroatoms. The maximum absolute atomic E-state index is 4.34. The quantitative estimate of drug-likeness (QED) is 0.389. The first kappa shape index (κ1) is 21.7. The lowest BCUT2D eigenvalue weighted by Gasteiger charge is -2.34. The van der Waals surface area contributed by atoms with Crippen LogP contribution in [0.1, 0.15) is 59.1 Å². The Balaban J connectivity index is 0.000000615. The molecule has 0 atom stereocenters. The lowest BCUT2D eigenvalue weighted by Crippen LogP contribution is -2.28. The van der Waals surface area contributed by atoms with E-state index in [-0.39, 0.29) is 5.41 Å². The number of allylic oxidation sites excluding steroid dienone is 4. The summed E-state index contributed by atoms with van der Waals surface area (Å²) < 4.78 is 0. The molecule has 26 heavy (non-hydrogen) atoms. The molecule has 0 aromatic heterocycles. The van der Waals surface area contributed by atoms with Crippen molar-refractivity contribution >= 4 is 0 Å². The molecule has 0 spiro atoms. The molecule has 0 saturated carbocycles.